The number of carbonyl (C=O) groups excluding carboxylic acids is 1. The van der Waals surface area contributed by atoms with Crippen LogP contribution < -0.4 is 29.9 Å². The minimum Gasteiger partial charge on any atom is -0.494 e. The van der Waals surface area contributed by atoms with Crippen molar-refractivity contribution in [2.45, 2.75) is 33.7 Å². The lowest BCUT2D eigenvalue weighted by molar-refractivity contribution is -0.129. The lowest BCUT2D eigenvalue weighted by Gasteiger charge is -2.46. The summed E-state index contributed by atoms with van der Waals surface area (Å²) in [5.74, 6) is 0.586. The summed E-state index contributed by atoms with van der Waals surface area (Å²) in [5, 5.41) is 15.9. The zero-order valence-electron chi connectivity index (χ0n) is 27.7. The molecule has 252 valence electrons. The lowest BCUT2D eigenvalue weighted by Crippen LogP contribution is -2.59. The molecule has 13 nitrogen and oxygen atoms in total. The molecule has 0 aliphatic carbocycles. The Morgan fingerprint density at radius 2 is 1.47 bits per heavy atom. The van der Waals surface area contributed by atoms with Crippen molar-refractivity contribution in [2.24, 2.45) is 5.41 Å². The summed E-state index contributed by atoms with van der Waals surface area (Å²) in [6, 6.07) is 11.1. The van der Waals surface area contributed by atoms with Crippen LogP contribution in [0.3, 0.4) is 0 Å². The van der Waals surface area contributed by atoms with E-state index >= 15 is 0 Å². The van der Waals surface area contributed by atoms with Gasteiger partial charge in [-0.2, -0.15) is 4.98 Å². The van der Waals surface area contributed by atoms with E-state index in [2.05, 4.69) is 30.4 Å². The van der Waals surface area contributed by atoms with E-state index in [4.69, 9.17) is 9.47 Å². The molecule has 2 fully saturated rings. The topological polar surface area (TPSA) is 136 Å². The second-order valence-electron chi connectivity index (χ2n) is 12.7. The van der Waals surface area contributed by atoms with Crippen molar-refractivity contribution in [1.82, 2.24) is 19.8 Å². The number of hydrogen-bond donors (Lipinski definition) is 3. The molecule has 2 amide bonds. The normalized spacial score (nSPS) is 17.0. The van der Waals surface area contributed by atoms with Crippen molar-refractivity contribution in [1.29, 1.82) is 0 Å². The minimum atomic E-state index is -0.918. The number of nitrogens with zero attached hydrogens (tertiary/aromatic N) is 6. The fourth-order valence-electron chi connectivity index (χ4n) is 5.99. The Bertz CT molecular complexity index is 1610. The minimum absolute atomic E-state index is 0.0460. The number of carboxylic acid groups (broad SMARTS) is 1. The van der Waals surface area contributed by atoms with E-state index in [1.165, 1.54) is 12.0 Å². The smallest absolute Gasteiger partial charge is 0.407 e. The number of piperazine rings is 2. The van der Waals surface area contributed by atoms with Gasteiger partial charge in [-0.3, -0.25) is 4.79 Å². The first kappa shape index (κ1) is 33.4. The standard InChI is InChI=1S/C33H43FN8O5/c1-21(43)39-11-13-40(14-12-39)22-7-10-26(28(17-22)47-6)37-31-35-19-24(34)30(38-31)36-25-9-8-23(18-27(25)46-5)41-15-16-42(32(44)45)29(20-41)33(2,3)4/h7-10,17-19,29H,11-16,20H2,1-6H3,(H,44,45)(H2,35,36,37,38). The van der Waals surface area contributed by atoms with Crippen molar-refractivity contribution in [2.75, 3.05) is 80.5 Å². The first-order chi connectivity index (χ1) is 22.4. The molecule has 1 aromatic heterocycles. The number of benzene rings is 2. The second kappa shape index (κ2) is 13.8. The van der Waals surface area contributed by atoms with Crippen molar-refractivity contribution < 1.29 is 28.6 Å². The van der Waals surface area contributed by atoms with Gasteiger partial charge in [0, 0.05) is 76.2 Å². The van der Waals surface area contributed by atoms with Crippen molar-refractivity contribution in [3.05, 3.63) is 48.4 Å². The predicted octanol–water partition coefficient (Wildman–Crippen LogP) is 5.00. The first-order valence-electron chi connectivity index (χ1n) is 15.6. The van der Waals surface area contributed by atoms with E-state index < -0.39 is 11.9 Å². The van der Waals surface area contributed by atoms with Crippen LogP contribution in [0.1, 0.15) is 27.7 Å². The van der Waals surface area contributed by atoms with Gasteiger partial charge in [-0.25, -0.2) is 14.2 Å². The molecule has 1 unspecified atom stereocenters. The van der Waals surface area contributed by atoms with Gasteiger partial charge in [-0.15, -0.1) is 0 Å². The number of carbonyl (C=O) groups is 2. The van der Waals surface area contributed by atoms with Crippen LogP contribution in [-0.2, 0) is 4.79 Å². The highest BCUT2D eigenvalue weighted by atomic mass is 19.1. The van der Waals surface area contributed by atoms with Crippen LogP contribution >= 0.6 is 0 Å². The second-order valence-corrected chi connectivity index (χ2v) is 12.7. The molecule has 0 saturated carbocycles. The number of amides is 2. The van der Waals surface area contributed by atoms with Crippen molar-refractivity contribution in [3.8, 4) is 11.5 Å². The van der Waals surface area contributed by atoms with Crippen LogP contribution in [0.25, 0.3) is 0 Å². The fraction of sp³-hybridized carbons (Fsp3) is 0.455. The van der Waals surface area contributed by atoms with E-state index in [-0.39, 0.29) is 29.1 Å². The third-order valence-electron chi connectivity index (χ3n) is 8.69. The van der Waals surface area contributed by atoms with Gasteiger partial charge in [0.1, 0.15) is 11.5 Å². The number of halogens is 1. The Balaban J connectivity index is 1.31. The van der Waals surface area contributed by atoms with Gasteiger partial charge in [0.25, 0.3) is 0 Å². The van der Waals surface area contributed by atoms with Crippen LogP contribution in [-0.4, -0.2) is 103 Å². The van der Waals surface area contributed by atoms with Gasteiger partial charge in [0.05, 0.1) is 37.8 Å². The van der Waals surface area contributed by atoms with E-state index in [0.29, 0.717) is 55.6 Å². The number of aromatic nitrogens is 2. The van der Waals surface area contributed by atoms with Gasteiger partial charge in [0.2, 0.25) is 11.9 Å². The Morgan fingerprint density at radius 3 is 2.02 bits per heavy atom. The van der Waals surface area contributed by atoms with E-state index in [9.17, 15) is 19.1 Å². The molecule has 2 saturated heterocycles. The molecular weight excluding hydrogens is 607 g/mol. The largest absolute Gasteiger partial charge is 0.494 e. The average Bonchev–Trinajstić information content (AvgIpc) is 3.06. The summed E-state index contributed by atoms with van der Waals surface area (Å²) in [7, 11) is 3.11. The zero-order valence-corrected chi connectivity index (χ0v) is 27.7. The third kappa shape index (κ3) is 7.53. The molecule has 1 atom stereocenters. The summed E-state index contributed by atoms with van der Waals surface area (Å²) >= 11 is 0. The summed E-state index contributed by atoms with van der Waals surface area (Å²) in [5.41, 5.74) is 2.69. The van der Waals surface area contributed by atoms with E-state index in [1.807, 2.05) is 56.0 Å². The maximum atomic E-state index is 15.0. The lowest BCUT2D eigenvalue weighted by atomic mass is 9.84. The fourth-order valence-corrected chi connectivity index (χ4v) is 5.99. The highest BCUT2D eigenvalue weighted by Crippen LogP contribution is 2.36. The molecule has 0 bridgehead atoms. The van der Waals surface area contributed by atoms with Crippen LogP contribution in [0.5, 0.6) is 11.5 Å². The van der Waals surface area contributed by atoms with Gasteiger partial charge >= 0.3 is 6.09 Å². The van der Waals surface area contributed by atoms with Gasteiger partial charge < -0.3 is 44.8 Å². The molecule has 47 heavy (non-hydrogen) atoms. The molecular formula is C33H43FN8O5. The molecule has 3 N–H and O–H groups in total. The molecule has 0 spiro atoms. The quantitative estimate of drug-likeness (QED) is 0.304. The monoisotopic (exact) mass is 650 g/mol. The van der Waals surface area contributed by atoms with E-state index in [1.54, 1.807) is 20.1 Å². The number of nitrogens with one attached hydrogen (secondary N) is 2. The zero-order chi connectivity index (χ0) is 33.9. The summed E-state index contributed by atoms with van der Waals surface area (Å²) in [6.07, 6.45) is 0.168. The predicted molar refractivity (Wildman–Crippen MR) is 179 cm³/mol. The van der Waals surface area contributed by atoms with Gasteiger partial charge in [-0.05, 0) is 29.7 Å². The summed E-state index contributed by atoms with van der Waals surface area (Å²) in [6.45, 7) is 11.9. The van der Waals surface area contributed by atoms with Crippen LogP contribution in [0.15, 0.2) is 42.6 Å². The Hall–Kier alpha value is -5.01. The third-order valence-corrected chi connectivity index (χ3v) is 8.69. The molecule has 0 radical (unpaired) electrons. The summed E-state index contributed by atoms with van der Waals surface area (Å²) < 4.78 is 26.3. The van der Waals surface area contributed by atoms with Crippen LogP contribution in [0, 0.1) is 11.2 Å². The van der Waals surface area contributed by atoms with Crippen LogP contribution in [0.4, 0.5) is 43.7 Å². The molecule has 14 heteroatoms. The molecule has 2 aromatic carbocycles. The maximum Gasteiger partial charge on any atom is 0.407 e. The highest BCUT2D eigenvalue weighted by Gasteiger charge is 2.38. The first-order valence-corrected chi connectivity index (χ1v) is 15.6. The van der Waals surface area contributed by atoms with Crippen LogP contribution in [0.2, 0.25) is 0 Å². The number of hydrogen-bond acceptors (Lipinski definition) is 10. The maximum absolute atomic E-state index is 15.0. The molecule has 2 aliphatic heterocycles. The summed E-state index contributed by atoms with van der Waals surface area (Å²) in [4.78, 5) is 39.8. The molecule has 3 heterocycles. The number of rotatable bonds is 8. The Kier molecular flexibility index (Phi) is 9.77. The van der Waals surface area contributed by atoms with Crippen molar-refractivity contribution in [3.63, 3.8) is 0 Å². The number of anilines is 6. The van der Waals surface area contributed by atoms with E-state index in [0.717, 1.165) is 30.7 Å². The molecule has 5 rings (SSSR count). The van der Waals surface area contributed by atoms with Gasteiger partial charge in [0.15, 0.2) is 11.6 Å². The van der Waals surface area contributed by atoms with Crippen molar-refractivity contribution >= 4 is 46.5 Å². The number of methoxy groups -OCH3 is 2. The Labute approximate surface area is 274 Å². The Morgan fingerprint density at radius 1 is 0.894 bits per heavy atom. The average molecular weight is 651 g/mol. The molecule has 3 aromatic rings. The number of ether oxygens (including phenoxy) is 2. The highest BCUT2D eigenvalue weighted by molar-refractivity contribution is 5.74. The molecule has 2 aliphatic rings. The van der Waals surface area contributed by atoms with Gasteiger partial charge in [-0.1, -0.05) is 20.8 Å². The SMILES string of the molecule is COc1cc(N2CCN(C(C)=O)CC2)ccc1Nc1ncc(F)c(Nc2ccc(N3CCN(C(=O)O)C(C(C)(C)C)C3)cc2OC)n1.